The Morgan fingerprint density at radius 3 is 2.42 bits per heavy atom. The minimum atomic E-state index is -0.0567. The van der Waals surface area contributed by atoms with Crippen LogP contribution in [0.4, 0.5) is 0 Å². The van der Waals surface area contributed by atoms with Gasteiger partial charge in [-0.2, -0.15) is 0 Å². The van der Waals surface area contributed by atoms with Gasteiger partial charge in [0.15, 0.2) is 0 Å². The average molecular weight is 233 g/mol. The van der Waals surface area contributed by atoms with Gasteiger partial charge >= 0.3 is 0 Å². The van der Waals surface area contributed by atoms with Crippen molar-refractivity contribution in [3.05, 3.63) is 0 Å². The number of fused-ring (bicyclic) bond motifs is 2. The normalized spacial score (nSPS) is 58.0. The van der Waals surface area contributed by atoms with Gasteiger partial charge in [-0.05, 0) is 36.0 Å². The summed E-state index contributed by atoms with van der Waals surface area (Å²) in [4.78, 5) is 0. The Labute approximate surface area is 82.7 Å². The summed E-state index contributed by atoms with van der Waals surface area (Å²) in [7, 11) is 0. The highest BCUT2D eigenvalue weighted by Gasteiger charge is 2.62. The molecule has 0 spiro atoms. The molecule has 0 aliphatic heterocycles. The third kappa shape index (κ3) is 0.784. The van der Waals surface area contributed by atoms with Gasteiger partial charge in [0.05, 0.1) is 6.10 Å². The summed E-state index contributed by atoms with van der Waals surface area (Å²) in [6.07, 6.45) is 3.49. The highest BCUT2D eigenvalue weighted by molar-refractivity contribution is 9.09. The first-order valence-electron chi connectivity index (χ1n) is 4.78. The molecule has 2 heteroatoms. The van der Waals surface area contributed by atoms with Gasteiger partial charge in [0.2, 0.25) is 0 Å². The summed E-state index contributed by atoms with van der Waals surface area (Å²) < 4.78 is 0. The summed E-state index contributed by atoms with van der Waals surface area (Å²) in [5.74, 6) is 0.747. The molecule has 2 rings (SSSR count). The Kier molecular flexibility index (Phi) is 1.86. The van der Waals surface area contributed by atoms with Crippen molar-refractivity contribution in [1.82, 2.24) is 0 Å². The van der Waals surface area contributed by atoms with Gasteiger partial charge in [-0.1, -0.05) is 29.8 Å². The molecule has 0 radical (unpaired) electrons. The smallest absolute Gasteiger partial charge is 0.0602 e. The fourth-order valence-corrected chi connectivity index (χ4v) is 4.36. The molecule has 0 aromatic heterocycles. The van der Waals surface area contributed by atoms with Gasteiger partial charge in [-0.15, -0.1) is 0 Å². The lowest BCUT2D eigenvalue weighted by Crippen LogP contribution is -2.38. The Hall–Kier alpha value is 0.440. The van der Waals surface area contributed by atoms with Crippen LogP contribution in [0.25, 0.3) is 0 Å². The van der Waals surface area contributed by atoms with Crippen LogP contribution >= 0.6 is 15.9 Å². The fourth-order valence-electron chi connectivity index (χ4n) is 3.26. The summed E-state index contributed by atoms with van der Waals surface area (Å²) in [5.41, 5.74) is 0.521. The standard InChI is InChI=1S/C10H17BrO/c1-9-4-3-7(5-8(9)12)10(9,2)6-11/h7-8,12H,3-6H2,1-2H3. The Bertz CT molecular complexity index is 204. The van der Waals surface area contributed by atoms with E-state index in [0.29, 0.717) is 5.41 Å². The van der Waals surface area contributed by atoms with E-state index in [1.54, 1.807) is 0 Å². The molecule has 0 aromatic rings. The SMILES string of the molecule is CC12CCC(CC1O)C2(C)CBr. The van der Waals surface area contributed by atoms with Crippen molar-refractivity contribution in [2.24, 2.45) is 16.7 Å². The predicted octanol–water partition coefficient (Wildman–Crippen LogP) is 2.57. The summed E-state index contributed by atoms with van der Waals surface area (Å²) in [5, 5.41) is 11.0. The van der Waals surface area contributed by atoms with Crippen LogP contribution in [0, 0.1) is 16.7 Å². The maximum atomic E-state index is 9.92. The van der Waals surface area contributed by atoms with Gasteiger partial charge in [-0.25, -0.2) is 0 Å². The Morgan fingerprint density at radius 2 is 2.17 bits per heavy atom. The van der Waals surface area contributed by atoms with Crippen LogP contribution in [0.3, 0.4) is 0 Å². The second kappa shape index (κ2) is 2.48. The highest BCUT2D eigenvalue weighted by Crippen LogP contribution is 2.66. The van der Waals surface area contributed by atoms with Crippen LogP contribution in [0.5, 0.6) is 0 Å². The molecule has 1 nitrogen and oxygen atoms in total. The van der Waals surface area contributed by atoms with Gasteiger partial charge in [0.1, 0.15) is 0 Å². The monoisotopic (exact) mass is 232 g/mol. The van der Waals surface area contributed by atoms with Crippen molar-refractivity contribution in [3.8, 4) is 0 Å². The van der Waals surface area contributed by atoms with E-state index in [2.05, 4.69) is 29.8 Å². The number of halogens is 1. The van der Waals surface area contributed by atoms with Gasteiger partial charge < -0.3 is 5.11 Å². The molecule has 1 N–H and O–H groups in total. The summed E-state index contributed by atoms with van der Waals surface area (Å²) in [6, 6.07) is 0. The van der Waals surface area contributed by atoms with E-state index in [1.165, 1.54) is 12.8 Å². The zero-order valence-electron chi connectivity index (χ0n) is 7.81. The molecule has 70 valence electrons. The quantitative estimate of drug-likeness (QED) is 0.690. The largest absolute Gasteiger partial charge is 0.393 e. The average Bonchev–Trinajstić information content (AvgIpc) is 2.39. The van der Waals surface area contributed by atoms with Crippen molar-refractivity contribution in [3.63, 3.8) is 0 Å². The molecule has 12 heavy (non-hydrogen) atoms. The number of aliphatic hydroxyl groups excluding tert-OH is 1. The van der Waals surface area contributed by atoms with Crippen LogP contribution in [0.2, 0.25) is 0 Å². The minimum absolute atomic E-state index is 0.0567. The van der Waals surface area contributed by atoms with Crippen LogP contribution in [-0.4, -0.2) is 16.5 Å². The van der Waals surface area contributed by atoms with Gasteiger partial charge in [0.25, 0.3) is 0 Å². The van der Waals surface area contributed by atoms with Crippen LogP contribution in [-0.2, 0) is 0 Å². The van der Waals surface area contributed by atoms with E-state index in [0.717, 1.165) is 17.7 Å². The molecule has 2 aliphatic rings. The van der Waals surface area contributed by atoms with E-state index >= 15 is 0 Å². The van der Waals surface area contributed by atoms with Crippen molar-refractivity contribution < 1.29 is 5.11 Å². The third-order valence-corrected chi connectivity index (χ3v) is 5.90. The van der Waals surface area contributed by atoms with Gasteiger partial charge in [0, 0.05) is 5.33 Å². The van der Waals surface area contributed by atoms with Crippen molar-refractivity contribution in [1.29, 1.82) is 0 Å². The van der Waals surface area contributed by atoms with Crippen LogP contribution in [0.1, 0.15) is 33.1 Å². The first-order valence-corrected chi connectivity index (χ1v) is 5.91. The number of hydrogen-bond acceptors (Lipinski definition) is 1. The number of hydrogen-bond donors (Lipinski definition) is 1. The fraction of sp³-hybridized carbons (Fsp3) is 1.00. The molecule has 2 fully saturated rings. The van der Waals surface area contributed by atoms with E-state index in [-0.39, 0.29) is 11.5 Å². The zero-order chi connectivity index (χ0) is 8.98. The first-order chi connectivity index (χ1) is 5.54. The highest BCUT2D eigenvalue weighted by atomic mass is 79.9. The van der Waals surface area contributed by atoms with E-state index < -0.39 is 0 Å². The maximum absolute atomic E-state index is 9.92. The molecule has 2 saturated carbocycles. The molecule has 4 atom stereocenters. The van der Waals surface area contributed by atoms with E-state index in [4.69, 9.17) is 0 Å². The number of alkyl halides is 1. The lowest BCUT2D eigenvalue weighted by molar-refractivity contribution is 0.0148. The van der Waals surface area contributed by atoms with Crippen molar-refractivity contribution in [2.75, 3.05) is 5.33 Å². The molecule has 0 aromatic carbocycles. The van der Waals surface area contributed by atoms with E-state index in [1.807, 2.05) is 0 Å². The van der Waals surface area contributed by atoms with Crippen molar-refractivity contribution in [2.45, 2.75) is 39.2 Å². The summed E-state index contributed by atoms with van der Waals surface area (Å²) >= 11 is 3.60. The molecular weight excluding hydrogens is 216 g/mol. The number of aliphatic hydroxyl groups is 1. The topological polar surface area (TPSA) is 20.2 Å². The van der Waals surface area contributed by atoms with E-state index in [9.17, 15) is 5.11 Å². The Morgan fingerprint density at radius 1 is 1.50 bits per heavy atom. The van der Waals surface area contributed by atoms with Crippen molar-refractivity contribution >= 4 is 15.9 Å². The lowest BCUT2D eigenvalue weighted by atomic mass is 9.70. The molecule has 2 bridgehead atoms. The first kappa shape index (κ1) is 9.01. The van der Waals surface area contributed by atoms with Gasteiger partial charge in [-0.3, -0.25) is 0 Å². The summed E-state index contributed by atoms with van der Waals surface area (Å²) in [6.45, 7) is 4.58. The minimum Gasteiger partial charge on any atom is -0.393 e. The zero-order valence-corrected chi connectivity index (χ0v) is 9.39. The van der Waals surface area contributed by atoms with Crippen LogP contribution in [0.15, 0.2) is 0 Å². The molecular formula is C10H17BrO. The maximum Gasteiger partial charge on any atom is 0.0602 e. The molecule has 2 aliphatic carbocycles. The molecule has 0 heterocycles. The predicted molar refractivity (Wildman–Crippen MR) is 53.4 cm³/mol. The Balaban J connectivity index is 2.38. The number of rotatable bonds is 1. The van der Waals surface area contributed by atoms with Crippen LogP contribution < -0.4 is 0 Å². The lowest BCUT2D eigenvalue weighted by Gasteiger charge is -2.38. The second-order valence-electron chi connectivity index (χ2n) is 4.96. The molecule has 0 saturated heterocycles. The second-order valence-corrected chi connectivity index (χ2v) is 5.52. The molecule has 0 amide bonds. The molecule has 4 unspecified atom stereocenters. The third-order valence-electron chi connectivity index (χ3n) is 4.74.